The number of carboxylic acid groups (broad SMARTS) is 1. The molecule has 0 aliphatic heterocycles. The highest BCUT2D eigenvalue weighted by molar-refractivity contribution is 5.87. The molecular weight excluding hydrogens is 284 g/mol. The number of hydrogen-bond acceptors (Lipinski definition) is 3. The van der Waals surface area contributed by atoms with Gasteiger partial charge in [0, 0.05) is 29.3 Å². The van der Waals surface area contributed by atoms with Crippen molar-refractivity contribution in [2.24, 2.45) is 5.92 Å². The number of aliphatic carboxylic acids is 1. The summed E-state index contributed by atoms with van der Waals surface area (Å²) in [6, 6.07) is 7.56. The Bertz CT molecular complexity index is 792. The molecule has 2 aromatic rings. The lowest BCUT2D eigenvalue weighted by Crippen LogP contribution is -2.43. The van der Waals surface area contributed by atoms with Crippen molar-refractivity contribution in [3.05, 3.63) is 46.2 Å². The number of aromatic amines is 1. The Morgan fingerprint density at radius 1 is 1.32 bits per heavy atom. The fraction of sp³-hybridized carbons (Fsp3) is 0.312. The molecule has 3 rings (SSSR count). The van der Waals surface area contributed by atoms with Crippen molar-refractivity contribution in [2.75, 3.05) is 0 Å². The minimum atomic E-state index is -1.10. The van der Waals surface area contributed by atoms with E-state index < -0.39 is 12.0 Å². The van der Waals surface area contributed by atoms with Crippen LogP contribution in [0.1, 0.15) is 18.4 Å². The molecule has 0 saturated heterocycles. The maximum atomic E-state index is 11.8. The van der Waals surface area contributed by atoms with Crippen LogP contribution < -0.4 is 10.9 Å². The van der Waals surface area contributed by atoms with Gasteiger partial charge < -0.3 is 15.4 Å². The highest BCUT2D eigenvalue weighted by Crippen LogP contribution is 2.29. The highest BCUT2D eigenvalue weighted by atomic mass is 16.4. The van der Waals surface area contributed by atoms with Crippen LogP contribution in [-0.2, 0) is 16.0 Å². The van der Waals surface area contributed by atoms with E-state index in [2.05, 4.69) is 10.3 Å². The standard InChI is InChI=1S/C16H16N2O4/c19-14-8-10(11-3-1-2-4-12(11)17-14)7-13(16(21)22)18-15(20)9-5-6-9/h1-4,8-9,13H,5-7H2,(H,17,19)(H,18,20)(H,21,22). The molecule has 1 saturated carbocycles. The largest absolute Gasteiger partial charge is 0.480 e. The van der Waals surface area contributed by atoms with Crippen molar-refractivity contribution >= 4 is 22.8 Å². The van der Waals surface area contributed by atoms with Gasteiger partial charge in [-0.2, -0.15) is 0 Å². The molecule has 1 heterocycles. The van der Waals surface area contributed by atoms with Gasteiger partial charge in [-0.05, 0) is 24.5 Å². The summed E-state index contributed by atoms with van der Waals surface area (Å²) in [7, 11) is 0. The number of H-pyrrole nitrogens is 1. The Kier molecular flexibility index (Phi) is 3.66. The molecule has 6 heteroatoms. The summed E-state index contributed by atoms with van der Waals surface area (Å²) in [6.45, 7) is 0. The lowest BCUT2D eigenvalue weighted by atomic mass is 10.0. The van der Waals surface area contributed by atoms with E-state index in [4.69, 9.17) is 0 Å². The average molecular weight is 300 g/mol. The number of hydrogen-bond donors (Lipinski definition) is 3. The molecule has 1 aromatic heterocycles. The molecule has 22 heavy (non-hydrogen) atoms. The first-order valence-corrected chi connectivity index (χ1v) is 7.19. The molecule has 0 spiro atoms. The van der Waals surface area contributed by atoms with Crippen LogP contribution in [0.15, 0.2) is 35.1 Å². The monoisotopic (exact) mass is 300 g/mol. The van der Waals surface area contributed by atoms with Crippen molar-refractivity contribution in [2.45, 2.75) is 25.3 Å². The van der Waals surface area contributed by atoms with Crippen molar-refractivity contribution in [3.63, 3.8) is 0 Å². The van der Waals surface area contributed by atoms with Gasteiger partial charge in [-0.3, -0.25) is 9.59 Å². The second-order valence-electron chi connectivity index (χ2n) is 5.58. The van der Waals surface area contributed by atoms with E-state index in [1.807, 2.05) is 12.1 Å². The Labute approximate surface area is 126 Å². The third kappa shape index (κ3) is 3.00. The van der Waals surface area contributed by atoms with Gasteiger partial charge in [-0.1, -0.05) is 18.2 Å². The van der Waals surface area contributed by atoms with E-state index in [0.29, 0.717) is 11.1 Å². The smallest absolute Gasteiger partial charge is 0.326 e. The molecule has 0 bridgehead atoms. The molecule has 1 atom stereocenters. The highest BCUT2D eigenvalue weighted by Gasteiger charge is 2.32. The number of aromatic nitrogens is 1. The molecule has 1 fully saturated rings. The van der Waals surface area contributed by atoms with Crippen LogP contribution >= 0.6 is 0 Å². The summed E-state index contributed by atoms with van der Waals surface area (Å²) >= 11 is 0. The number of amides is 1. The molecule has 1 aliphatic rings. The van der Waals surface area contributed by atoms with Crippen LogP contribution in [0.3, 0.4) is 0 Å². The first kappa shape index (κ1) is 14.3. The fourth-order valence-electron chi connectivity index (χ4n) is 2.50. The first-order valence-electron chi connectivity index (χ1n) is 7.19. The van der Waals surface area contributed by atoms with Crippen LogP contribution in [0.5, 0.6) is 0 Å². The zero-order valence-corrected chi connectivity index (χ0v) is 11.8. The summed E-state index contributed by atoms with van der Waals surface area (Å²) < 4.78 is 0. The van der Waals surface area contributed by atoms with Crippen molar-refractivity contribution in [3.8, 4) is 0 Å². The molecule has 1 amide bonds. The fourth-order valence-corrected chi connectivity index (χ4v) is 2.50. The van der Waals surface area contributed by atoms with E-state index in [1.165, 1.54) is 6.07 Å². The van der Waals surface area contributed by atoms with Gasteiger partial charge in [0.15, 0.2) is 0 Å². The molecule has 1 unspecified atom stereocenters. The predicted molar refractivity (Wildman–Crippen MR) is 80.6 cm³/mol. The second-order valence-corrected chi connectivity index (χ2v) is 5.58. The second kappa shape index (κ2) is 5.63. The quantitative estimate of drug-likeness (QED) is 0.768. The third-order valence-electron chi connectivity index (χ3n) is 3.82. The molecule has 3 N–H and O–H groups in total. The van der Waals surface area contributed by atoms with Gasteiger partial charge in [-0.15, -0.1) is 0 Å². The van der Waals surface area contributed by atoms with Crippen molar-refractivity contribution in [1.29, 1.82) is 0 Å². The maximum absolute atomic E-state index is 11.8. The number of carbonyl (C=O) groups is 2. The topological polar surface area (TPSA) is 99.3 Å². The van der Waals surface area contributed by atoms with Crippen LogP contribution in [0.2, 0.25) is 0 Å². The van der Waals surface area contributed by atoms with Gasteiger partial charge in [0.25, 0.3) is 0 Å². The zero-order chi connectivity index (χ0) is 15.7. The van der Waals surface area contributed by atoms with E-state index in [1.54, 1.807) is 12.1 Å². The summed E-state index contributed by atoms with van der Waals surface area (Å²) in [5, 5.41) is 12.7. The number of para-hydroxylation sites is 1. The number of nitrogens with one attached hydrogen (secondary N) is 2. The summed E-state index contributed by atoms with van der Waals surface area (Å²) in [6.07, 6.45) is 1.70. The molecule has 6 nitrogen and oxygen atoms in total. The summed E-state index contributed by atoms with van der Waals surface area (Å²) in [4.78, 5) is 37.6. The number of benzene rings is 1. The van der Waals surface area contributed by atoms with E-state index >= 15 is 0 Å². The number of pyridine rings is 1. The van der Waals surface area contributed by atoms with Gasteiger partial charge in [0.2, 0.25) is 11.5 Å². The lowest BCUT2D eigenvalue weighted by molar-refractivity contribution is -0.141. The molecule has 0 radical (unpaired) electrons. The normalized spacial score (nSPS) is 15.5. The van der Waals surface area contributed by atoms with Crippen LogP contribution in [0, 0.1) is 5.92 Å². The molecule has 114 valence electrons. The molecular formula is C16H16N2O4. The minimum absolute atomic E-state index is 0.0576. The van der Waals surface area contributed by atoms with Gasteiger partial charge in [0.05, 0.1) is 0 Å². The van der Waals surface area contributed by atoms with Gasteiger partial charge >= 0.3 is 5.97 Å². The van der Waals surface area contributed by atoms with Gasteiger partial charge in [0.1, 0.15) is 6.04 Å². The van der Waals surface area contributed by atoms with E-state index in [-0.39, 0.29) is 23.8 Å². The summed E-state index contributed by atoms with van der Waals surface area (Å²) in [5.41, 5.74) is 0.983. The Morgan fingerprint density at radius 2 is 2.05 bits per heavy atom. The Balaban J connectivity index is 1.90. The predicted octanol–water partition coefficient (Wildman–Crippen LogP) is 1.05. The van der Waals surface area contributed by atoms with Gasteiger partial charge in [-0.25, -0.2) is 4.79 Å². The summed E-state index contributed by atoms with van der Waals surface area (Å²) in [5.74, 6) is -1.38. The van der Waals surface area contributed by atoms with Crippen LogP contribution in [0.4, 0.5) is 0 Å². The van der Waals surface area contributed by atoms with E-state index in [0.717, 1.165) is 18.2 Å². The SMILES string of the molecule is O=C(NC(Cc1cc(=O)[nH]c2ccccc12)C(=O)O)C1CC1. The minimum Gasteiger partial charge on any atom is -0.480 e. The Hall–Kier alpha value is -2.63. The lowest BCUT2D eigenvalue weighted by Gasteiger charge is -2.15. The average Bonchev–Trinajstić information content (AvgIpc) is 3.30. The number of rotatable bonds is 5. The van der Waals surface area contributed by atoms with Crippen molar-refractivity contribution in [1.82, 2.24) is 10.3 Å². The van der Waals surface area contributed by atoms with E-state index in [9.17, 15) is 19.5 Å². The Morgan fingerprint density at radius 3 is 2.73 bits per heavy atom. The maximum Gasteiger partial charge on any atom is 0.326 e. The van der Waals surface area contributed by atoms with Crippen molar-refractivity contribution < 1.29 is 14.7 Å². The number of carboxylic acids is 1. The number of carbonyl (C=O) groups excluding carboxylic acids is 1. The van der Waals surface area contributed by atoms with Crippen LogP contribution in [-0.4, -0.2) is 28.0 Å². The first-order chi connectivity index (χ1) is 10.5. The zero-order valence-electron chi connectivity index (χ0n) is 11.8. The third-order valence-corrected chi connectivity index (χ3v) is 3.82. The van der Waals surface area contributed by atoms with Crippen LogP contribution in [0.25, 0.3) is 10.9 Å². The molecule has 1 aliphatic carbocycles. The molecule has 1 aromatic carbocycles. The number of fused-ring (bicyclic) bond motifs is 1.